The van der Waals surface area contributed by atoms with Gasteiger partial charge < -0.3 is 0 Å². The summed E-state index contributed by atoms with van der Waals surface area (Å²) in [6.07, 6.45) is -3.61. The van der Waals surface area contributed by atoms with Crippen molar-refractivity contribution in [3.8, 4) is 0 Å². The topological polar surface area (TPSA) is 17.1 Å². The fraction of sp³-hybridized carbons (Fsp3) is 0.500. The molecule has 6 heteroatoms. The molecule has 12 heavy (non-hydrogen) atoms. The molecule has 0 fully saturated rings. The molecule has 0 aromatic heterocycles. The lowest BCUT2D eigenvalue weighted by molar-refractivity contribution is -0.161. The van der Waals surface area contributed by atoms with Gasteiger partial charge in [-0.25, -0.2) is 8.78 Å². The molecule has 0 heterocycles. The van der Waals surface area contributed by atoms with E-state index in [1.807, 2.05) is 0 Å². The summed E-state index contributed by atoms with van der Waals surface area (Å²) in [5, 5.41) is 0. The predicted molar refractivity (Wildman–Crippen MR) is 38.7 cm³/mol. The molecule has 0 spiro atoms. The van der Waals surface area contributed by atoms with Gasteiger partial charge in [0.1, 0.15) is 0 Å². The maximum atomic E-state index is 12.1. The Morgan fingerprint density at radius 1 is 1.50 bits per heavy atom. The van der Waals surface area contributed by atoms with Gasteiger partial charge in [-0.1, -0.05) is 0 Å². The normalized spacial score (nSPS) is 13.8. The molecule has 0 aromatic carbocycles. The van der Waals surface area contributed by atoms with Gasteiger partial charge in [-0.2, -0.15) is 8.78 Å². The molecular weight excluding hydrogens is 196 g/mol. The number of allylic oxidation sites excluding steroid dienone is 2. The van der Waals surface area contributed by atoms with E-state index in [0.29, 0.717) is 6.08 Å². The fourth-order valence-corrected chi connectivity index (χ4v) is 0.511. The van der Waals surface area contributed by atoms with Crippen LogP contribution in [0.15, 0.2) is 11.0 Å². The molecule has 0 bridgehead atoms. The van der Waals surface area contributed by atoms with E-state index >= 15 is 0 Å². The number of alkyl halides is 4. The molecule has 0 aliphatic rings. The van der Waals surface area contributed by atoms with E-state index in [0.717, 1.165) is 0 Å². The number of halogens is 4. The van der Waals surface area contributed by atoms with Crippen LogP contribution in [0.2, 0.25) is 0 Å². The first-order valence-electron chi connectivity index (χ1n) is 2.86. The number of carbonyl (C=O) groups is 1. The zero-order valence-corrected chi connectivity index (χ0v) is 6.92. The second kappa shape index (κ2) is 3.93. The molecule has 70 valence electrons. The Labute approximate surface area is 71.9 Å². The minimum atomic E-state index is -4.61. The highest BCUT2D eigenvalue weighted by atomic mass is 32.1. The first kappa shape index (κ1) is 11.5. The van der Waals surface area contributed by atoms with Crippen molar-refractivity contribution in [3.05, 3.63) is 11.0 Å². The predicted octanol–water partition coefficient (Wildman–Crippen LogP) is 2.29. The summed E-state index contributed by atoms with van der Waals surface area (Å²) >= 11 is 3.50. The number of thiol groups is 1. The zero-order valence-electron chi connectivity index (χ0n) is 6.02. The van der Waals surface area contributed by atoms with Crippen molar-refractivity contribution in [3.63, 3.8) is 0 Å². The van der Waals surface area contributed by atoms with E-state index in [4.69, 9.17) is 0 Å². The number of rotatable bonds is 3. The lowest BCUT2D eigenvalue weighted by Crippen LogP contribution is -2.35. The lowest BCUT2D eigenvalue weighted by Gasteiger charge is -2.10. The molecule has 1 nitrogen and oxygen atoms in total. The Bertz CT molecular complexity index is 208. The monoisotopic (exact) mass is 202 g/mol. The summed E-state index contributed by atoms with van der Waals surface area (Å²) in [5.74, 6) is -6.53. The Hall–Kier alpha value is -0.520. The van der Waals surface area contributed by atoms with Gasteiger partial charge in [-0.15, -0.1) is 12.6 Å². The van der Waals surface area contributed by atoms with Crippen LogP contribution < -0.4 is 0 Å². The van der Waals surface area contributed by atoms with Gasteiger partial charge in [0.05, 0.1) is 0 Å². The molecule has 0 unspecified atom stereocenters. The summed E-state index contributed by atoms with van der Waals surface area (Å²) in [6, 6.07) is 0. The molecular formula is C6H6F4OS. The summed E-state index contributed by atoms with van der Waals surface area (Å²) in [5.41, 5.74) is 0. The van der Waals surface area contributed by atoms with Crippen molar-refractivity contribution in [2.45, 2.75) is 19.3 Å². The Kier molecular flexibility index (Phi) is 3.76. The minimum absolute atomic E-state index is 0.0414. The van der Waals surface area contributed by atoms with Gasteiger partial charge in [0, 0.05) is 0 Å². The second-order valence-corrected chi connectivity index (χ2v) is 2.78. The number of carbonyl (C=O) groups excluding carboxylic acids is 1. The average Bonchev–Trinajstić information content (AvgIpc) is 1.85. The highest BCUT2D eigenvalue weighted by Gasteiger charge is 2.47. The Morgan fingerprint density at radius 2 is 1.92 bits per heavy atom. The van der Waals surface area contributed by atoms with Crippen LogP contribution in [-0.4, -0.2) is 18.1 Å². The average molecular weight is 202 g/mol. The summed E-state index contributed by atoms with van der Waals surface area (Å²) in [7, 11) is 0. The van der Waals surface area contributed by atoms with Crippen LogP contribution >= 0.6 is 12.6 Å². The van der Waals surface area contributed by atoms with Crippen LogP contribution in [0.25, 0.3) is 0 Å². The van der Waals surface area contributed by atoms with E-state index in [9.17, 15) is 22.4 Å². The molecule has 0 aliphatic carbocycles. The first-order chi connectivity index (χ1) is 5.28. The Balaban J connectivity index is 4.59. The maximum absolute atomic E-state index is 12.1. The first-order valence-corrected chi connectivity index (χ1v) is 3.31. The smallest absolute Gasteiger partial charge is 0.288 e. The SMILES string of the molecule is C/C(S)=C/C(=O)C(F)(F)C(F)F. The van der Waals surface area contributed by atoms with Gasteiger partial charge in [0.2, 0.25) is 5.78 Å². The van der Waals surface area contributed by atoms with Crippen molar-refractivity contribution >= 4 is 18.4 Å². The third-order valence-electron chi connectivity index (χ3n) is 0.943. The van der Waals surface area contributed by atoms with Crippen LogP contribution in [0.3, 0.4) is 0 Å². The maximum Gasteiger partial charge on any atom is 0.368 e. The Morgan fingerprint density at radius 3 is 2.17 bits per heavy atom. The molecule has 0 N–H and O–H groups in total. The summed E-state index contributed by atoms with van der Waals surface area (Å²) < 4.78 is 47.2. The van der Waals surface area contributed by atoms with Gasteiger partial charge in [-0.3, -0.25) is 4.79 Å². The second-order valence-electron chi connectivity index (χ2n) is 2.07. The van der Waals surface area contributed by atoms with Crippen molar-refractivity contribution < 1.29 is 22.4 Å². The molecule has 0 aromatic rings. The van der Waals surface area contributed by atoms with Crippen molar-refractivity contribution in [1.29, 1.82) is 0 Å². The van der Waals surface area contributed by atoms with Crippen LogP contribution in [0.5, 0.6) is 0 Å². The highest BCUT2D eigenvalue weighted by Crippen LogP contribution is 2.24. The molecule has 0 radical (unpaired) electrons. The number of ketones is 1. The largest absolute Gasteiger partial charge is 0.368 e. The van der Waals surface area contributed by atoms with Crippen LogP contribution in [0.4, 0.5) is 17.6 Å². The third kappa shape index (κ3) is 2.84. The number of hydrogen-bond acceptors (Lipinski definition) is 2. The standard InChI is InChI=1S/C6H6F4OS/c1-3(12)2-4(11)6(9,10)5(7)8/h2,5,12H,1H3/b3-2-. The van der Waals surface area contributed by atoms with Gasteiger partial charge in [0.15, 0.2) is 0 Å². The van der Waals surface area contributed by atoms with Crippen LogP contribution in [0.1, 0.15) is 6.92 Å². The van der Waals surface area contributed by atoms with Gasteiger partial charge >= 0.3 is 12.3 Å². The van der Waals surface area contributed by atoms with Crippen LogP contribution in [-0.2, 0) is 4.79 Å². The van der Waals surface area contributed by atoms with Gasteiger partial charge in [0.25, 0.3) is 0 Å². The lowest BCUT2D eigenvalue weighted by atomic mass is 10.2. The molecule has 0 saturated heterocycles. The molecule has 0 amide bonds. The quantitative estimate of drug-likeness (QED) is 0.422. The van der Waals surface area contributed by atoms with E-state index in [1.165, 1.54) is 6.92 Å². The van der Waals surface area contributed by atoms with E-state index in [2.05, 4.69) is 12.6 Å². The summed E-state index contributed by atoms with van der Waals surface area (Å²) in [6.45, 7) is 1.24. The van der Waals surface area contributed by atoms with Crippen molar-refractivity contribution in [1.82, 2.24) is 0 Å². The fourth-order valence-electron chi connectivity index (χ4n) is 0.393. The van der Waals surface area contributed by atoms with Gasteiger partial charge in [-0.05, 0) is 17.9 Å². The third-order valence-corrected chi connectivity index (χ3v) is 1.07. The molecule has 0 aliphatic heterocycles. The molecule has 0 rings (SSSR count). The zero-order chi connectivity index (χ0) is 9.94. The van der Waals surface area contributed by atoms with Crippen LogP contribution in [0, 0.1) is 0 Å². The molecule has 0 saturated carbocycles. The molecule has 0 atom stereocenters. The highest BCUT2D eigenvalue weighted by molar-refractivity contribution is 7.84. The van der Waals surface area contributed by atoms with E-state index < -0.39 is 18.1 Å². The number of hydrogen-bond donors (Lipinski definition) is 1. The summed E-state index contributed by atoms with van der Waals surface area (Å²) in [4.78, 5) is 10.3. The van der Waals surface area contributed by atoms with Crippen molar-refractivity contribution in [2.24, 2.45) is 0 Å². The van der Waals surface area contributed by atoms with Crippen molar-refractivity contribution in [2.75, 3.05) is 0 Å². The van der Waals surface area contributed by atoms with E-state index in [-0.39, 0.29) is 4.91 Å². The van der Waals surface area contributed by atoms with E-state index in [1.54, 1.807) is 0 Å². The minimum Gasteiger partial charge on any atom is -0.288 e.